The maximum Gasteiger partial charge on any atom is 0.352 e. The van der Waals surface area contributed by atoms with Gasteiger partial charge in [-0.1, -0.05) is 6.07 Å². The summed E-state index contributed by atoms with van der Waals surface area (Å²) in [5.41, 5.74) is 6.20. The first-order chi connectivity index (χ1) is 13.1. The number of carbonyl (C=O) groups is 1. The number of ether oxygens (including phenoxy) is 1. The second-order valence-electron chi connectivity index (χ2n) is 7.16. The number of rotatable bonds is 3. The number of likely N-dealkylation sites (N-methyl/N-ethyl adjacent to an activating group) is 1. The Labute approximate surface area is 159 Å². The van der Waals surface area contributed by atoms with Gasteiger partial charge in [0.1, 0.15) is 11.5 Å². The zero-order valence-electron chi connectivity index (χ0n) is 15.1. The smallest absolute Gasteiger partial charge is 0.352 e. The van der Waals surface area contributed by atoms with E-state index < -0.39 is 16.9 Å². The van der Waals surface area contributed by atoms with Crippen molar-refractivity contribution in [2.75, 3.05) is 19.0 Å². The van der Waals surface area contributed by atoms with E-state index in [1.165, 1.54) is 22.3 Å². The minimum Gasteiger partial charge on any atom is -0.475 e. The van der Waals surface area contributed by atoms with Crippen LogP contribution in [0.25, 0.3) is 0 Å². The molecule has 1 aromatic heterocycles. The van der Waals surface area contributed by atoms with E-state index in [4.69, 9.17) is 9.88 Å². The van der Waals surface area contributed by atoms with Gasteiger partial charge in [-0.2, -0.15) is 9.46 Å². The Bertz CT molecular complexity index is 952. The Morgan fingerprint density at radius 1 is 1.33 bits per heavy atom. The molecule has 5 rings (SSSR count). The summed E-state index contributed by atoms with van der Waals surface area (Å²) in [6, 6.07) is 2.09. The van der Waals surface area contributed by atoms with Crippen LogP contribution in [0.2, 0.25) is 0 Å². The summed E-state index contributed by atoms with van der Waals surface area (Å²) in [4.78, 5) is 13.2. The number of aryl methyl sites for hydroxylation is 2. The zero-order chi connectivity index (χ0) is 18.5. The topological polar surface area (TPSA) is 107 Å². The van der Waals surface area contributed by atoms with Crippen LogP contribution in [0.5, 0.6) is 5.88 Å². The molecule has 0 fully saturated rings. The molecule has 0 bridgehead atoms. The first-order valence-electron chi connectivity index (χ1n) is 9.18. The Morgan fingerprint density at radius 3 is 2.70 bits per heavy atom. The highest BCUT2D eigenvalue weighted by Gasteiger charge is 2.28. The van der Waals surface area contributed by atoms with Gasteiger partial charge in [-0.3, -0.25) is 5.14 Å². The normalized spacial score (nSPS) is 20.4. The van der Waals surface area contributed by atoms with E-state index >= 15 is 0 Å². The highest BCUT2D eigenvalue weighted by Crippen LogP contribution is 2.40. The SMILES string of the molecule is CNC1COc2c(S(N)=NC(=O)Nc3c4c(cc5c3CC5)CC4)cnn2C1. The van der Waals surface area contributed by atoms with E-state index in [-0.39, 0.29) is 6.04 Å². The van der Waals surface area contributed by atoms with Crippen LogP contribution in [0.1, 0.15) is 22.3 Å². The Morgan fingerprint density at radius 2 is 2.07 bits per heavy atom. The minimum atomic E-state index is -1.11. The van der Waals surface area contributed by atoms with Crippen molar-refractivity contribution >= 4 is 22.6 Å². The number of hydrogen-bond acceptors (Lipinski definition) is 4. The second-order valence-corrected chi connectivity index (χ2v) is 8.41. The predicted octanol–water partition coefficient (Wildman–Crippen LogP) is 1.33. The molecule has 0 spiro atoms. The van der Waals surface area contributed by atoms with Crippen LogP contribution < -0.4 is 20.5 Å². The number of hydrogen-bond donors (Lipinski definition) is 3. The van der Waals surface area contributed by atoms with Crippen LogP contribution in [-0.4, -0.2) is 35.5 Å². The van der Waals surface area contributed by atoms with E-state index in [2.05, 4.69) is 26.2 Å². The van der Waals surface area contributed by atoms with Gasteiger partial charge in [-0.25, -0.2) is 9.48 Å². The van der Waals surface area contributed by atoms with Crippen LogP contribution in [0, 0.1) is 0 Å². The van der Waals surface area contributed by atoms with Crippen LogP contribution in [0.3, 0.4) is 0 Å². The zero-order valence-corrected chi connectivity index (χ0v) is 15.9. The number of carbonyl (C=O) groups excluding carboxylic acids is 1. The molecule has 3 aliphatic rings. The standard InChI is InChI=1S/C18H22N6O2S/c1-20-12-8-24-17(26-9-12)15(7-21-24)27(19)23-18(25)22-16-13-4-2-10(13)6-11-3-5-14(11)16/h6-7,12,20H,2-5,8-9H2,1H3,(H3,19,22,23,25). The highest BCUT2D eigenvalue weighted by atomic mass is 32.2. The number of nitrogens with one attached hydrogen (secondary N) is 2. The summed E-state index contributed by atoms with van der Waals surface area (Å²) < 4.78 is 11.7. The third-order valence-corrected chi connectivity index (χ3v) is 6.73. The summed E-state index contributed by atoms with van der Waals surface area (Å²) in [7, 11) is 0.780. The van der Waals surface area contributed by atoms with Gasteiger partial charge < -0.3 is 15.4 Å². The van der Waals surface area contributed by atoms with Gasteiger partial charge in [0.25, 0.3) is 0 Å². The fourth-order valence-corrected chi connectivity index (χ4v) is 4.70. The van der Waals surface area contributed by atoms with E-state index in [0.29, 0.717) is 23.9 Å². The van der Waals surface area contributed by atoms with Crippen molar-refractivity contribution < 1.29 is 9.53 Å². The van der Waals surface area contributed by atoms with Crippen LogP contribution in [-0.2, 0) is 43.1 Å². The molecule has 1 aromatic carbocycles. The number of anilines is 1. The Kier molecular flexibility index (Phi) is 4.03. The van der Waals surface area contributed by atoms with Gasteiger partial charge in [-0.15, -0.1) is 0 Å². The molecule has 4 N–H and O–H groups in total. The third kappa shape index (κ3) is 2.77. The number of urea groups is 1. The lowest BCUT2D eigenvalue weighted by atomic mass is 9.76. The Hall–Kier alpha value is -2.23. The maximum atomic E-state index is 12.5. The van der Waals surface area contributed by atoms with Crippen molar-refractivity contribution in [2.24, 2.45) is 9.50 Å². The van der Waals surface area contributed by atoms with E-state index in [1.54, 1.807) is 10.9 Å². The average Bonchev–Trinajstić information content (AvgIpc) is 3.02. The molecule has 9 heteroatoms. The van der Waals surface area contributed by atoms with E-state index in [9.17, 15) is 4.79 Å². The van der Waals surface area contributed by atoms with Gasteiger partial charge in [0.05, 0.1) is 18.8 Å². The molecule has 8 nitrogen and oxygen atoms in total. The molecule has 2 heterocycles. The largest absolute Gasteiger partial charge is 0.475 e. The van der Waals surface area contributed by atoms with Gasteiger partial charge in [0, 0.05) is 16.6 Å². The highest BCUT2D eigenvalue weighted by molar-refractivity contribution is 7.85. The van der Waals surface area contributed by atoms with Crippen molar-refractivity contribution in [3.8, 4) is 5.88 Å². The minimum absolute atomic E-state index is 0.208. The van der Waals surface area contributed by atoms with Crippen molar-refractivity contribution in [2.45, 2.75) is 43.2 Å². The average molecular weight is 386 g/mol. The lowest BCUT2D eigenvalue weighted by molar-refractivity contribution is 0.184. The summed E-state index contributed by atoms with van der Waals surface area (Å²) in [6.45, 7) is 1.25. The van der Waals surface area contributed by atoms with E-state index in [1.807, 2.05) is 7.05 Å². The fraction of sp³-hybridized carbons (Fsp3) is 0.444. The van der Waals surface area contributed by atoms with Crippen molar-refractivity contribution in [1.82, 2.24) is 15.1 Å². The molecule has 0 saturated heterocycles. The third-order valence-electron chi connectivity index (χ3n) is 5.64. The maximum absolute atomic E-state index is 12.5. The van der Waals surface area contributed by atoms with Crippen LogP contribution in [0.15, 0.2) is 21.5 Å². The lowest BCUT2D eigenvalue weighted by Gasteiger charge is -2.31. The van der Waals surface area contributed by atoms with Crippen LogP contribution in [0.4, 0.5) is 10.5 Å². The number of benzene rings is 1. The molecule has 142 valence electrons. The summed E-state index contributed by atoms with van der Waals surface area (Å²) in [5, 5.41) is 16.7. The van der Waals surface area contributed by atoms with Gasteiger partial charge >= 0.3 is 6.03 Å². The molecule has 2 aliphatic carbocycles. The number of nitrogens with zero attached hydrogens (tertiary/aromatic N) is 3. The first-order valence-corrected chi connectivity index (χ1v) is 10.4. The number of fused-ring (bicyclic) bond motifs is 3. The molecule has 0 saturated carbocycles. The molecule has 2 unspecified atom stereocenters. The molecule has 27 heavy (non-hydrogen) atoms. The molecule has 2 amide bonds. The fourth-order valence-electron chi connectivity index (χ4n) is 3.88. The molecule has 2 atom stereocenters. The van der Waals surface area contributed by atoms with E-state index in [0.717, 1.165) is 31.4 Å². The van der Waals surface area contributed by atoms with Gasteiger partial charge in [0.15, 0.2) is 0 Å². The molecule has 1 aliphatic heterocycles. The summed E-state index contributed by atoms with van der Waals surface area (Å²) in [6.07, 6.45) is 5.87. The second kappa shape index (κ2) is 6.43. The molecular weight excluding hydrogens is 364 g/mol. The number of amides is 2. The Balaban J connectivity index is 1.37. The predicted molar refractivity (Wildman–Crippen MR) is 103 cm³/mol. The van der Waals surface area contributed by atoms with Crippen molar-refractivity contribution in [1.29, 1.82) is 0 Å². The number of aromatic nitrogens is 2. The van der Waals surface area contributed by atoms with Gasteiger partial charge in [0.2, 0.25) is 5.88 Å². The first kappa shape index (κ1) is 16.9. The molecule has 0 radical (unpaired) electrons. The lowest BCUT2D eigenvalue weighted by Crippen LogP contribution is -2.40. The van der Waals surface area contributed by atoms with Crippen molar-refractivity contribution in [3.63, 3.8) is 0 Å². The van der Waals surface area contributed by atoms with Gasteiger partial charge in [-0.05, 0) is 55.0 Å². The molecular formula is C18H22N6O2S. The van der Waals surface area contributed by atoms with Crippen molar-refractivity contribution in [3.05, 3.63) is 34.5 Å². The van der Waals surface area contributed by atoms with Crippen LogP contribution >= 0.6 is 0 Å². The summed E-state index contributed by atoms with van der Waals surface area (Å²) >= 11 is 0. The monoisotopic (exact) mass is 386 g/mol. The quantitative estimate of drug-likeness (QED) is 0.738. The molecule has 2 aromatic rings. The summed E-state index contributed by atoms with van der Waals surface area (Å²) in [5.74, 6) is 0.608. The number of nitrogens with two attached hydrogens (primary N) is 1.